The molecule has 1 heterocycles. The summed E-state index contributed by atoms with van der Waals surface area (Å²) < 4.78 is 10.7. The summed E-state index contributed by atoms with van der Waals surface area (Å²) in [5, 5.41) is 0. The van der Waals surface area contributed by atoms with Crippen LogP contribution in [-0.4, -0.2) is 11.8 Å². The SMILES string of the molecule is CC1=C(I)C(=O)OC(C)(C)O1. The maximum Gasteiger partial charge on any atom is 0.351 e. The number of carbonyl (C=O) groups is 1. The molecule has 3 nitrogen and oxygen atoms in total. The van der Waals surface area contributed by atoms with Crippen molar-refractivity contribution in [1.29, 1.82) is 0 Å². The minimum atomic E-state index is -0.810. The fourth-order valence-electron chi connectivity index (χ4n) is 0.846. The lowest BCUT2D eigenvalue weighted by Crippen LogP contribution is -2.35. The van der Waals surface area contributed by atoms with Gasteiger partial charge in [-0.15, -0.1) is 0 Å². The van der Waals surface area contributed by atoms with Gasteiger partial charge in [-0.1, -0.05) is 0 Å². The van der Waals surface area contributed by atoms with Crippen LogP contribution in [0.3, 0.4) is 0 Å². The molecule has 1 aliphatic rings. The molecular weight excluding hydrogens is 259 g/mol. The number of esters is 1. The highest BCUT2D eigenvalue weighted by Gasteiger charge is 2.32. The third-order valence-electron chi connectivity index (χ3n) is 1.23. The Morgan fingerprint density at radius 3 is 2.36 bits per heavy atom. The molecule has 0 radical (unpaired) electrons. The van der Waals surface area contributed by atoms with E-state index >= 15 is 0 Å². The van der Waals surface area contributed by atoms with Crippen LogP contribution in [0, 0.1) is 0 Å². The van der Waals surface area contributed by atoms with Gasteiger partial charge in [0, 0.05) is 13.8 Å². The largest absolute Gasteiger partial charge is 0.456 e. The fourth-order valence-corrected chi connectivity index (χ4v) is 1.07. The molecule has 0 aromatic heterocycles. The Morgan fingerprint density at radius 2 is 1.91 bits per heavy atom. The first-order valence-corrected chi connectivity index (χ1v) is 4.29. The summed E-state index contributed by atoms with van der Waals surface area (Å²) in [6.07, 6.45) is 0. The van der Waals surface area contributed by atoms with Gasteiger partial charge in [0.25, 0.3) is 0 Å². The molecule has 0 N–H and O–H groups in total. The molecule has 0 fully saturated rings. The summed E-state index contributed by atoms with van der Waals surface area (Å²) in [7, 11) is 0. The van der Waals surface area contributed by atoms with Crippen molar-refractivity contribution < 1.29 is 14.3 Å². The quantitative estimate of drug-likeness (QED) is 0.497. The monoisotopic (exact) mass is 268 g/mol. The van der Waals surface area contributed by atoms with Crippen molar-refractivity contribution in [1.82, 2.24) is 0 Å². The van der Waals surface area contributed by atoms with Crippen molar-refractivity contribution in [3.63, 3.8) is 0 Å². The molecule has 0 atom stereocenters. The highest BCUT2D eigenvalue weighted by Crippen LogP contribution is 2.29. The zero-order valence-electron chi connectivity index (χ0n) is 6.60. The molecule has 0 amide bonds. The number of cyclic esters (lactones) is 1. The predicted molar refractivity (Wildman–Crippen MR) is 48.0 cm³/mol. The van der Waals surface area contributed by atoms with Gasteiger partial charge in [-0.2, -0.15) is 0 Å². The van der Waals surface area contributed by atoms with Gasteiger partial charge in [-0.3, -0.25) is 0 Å². The van der Waals surface area contributed by atoms with Crippen LogP contribution in [0.5, 0.6) is 0 Å². The molecule has 0 aromatic carbocycles. The molecule has 0 bridgehead atoms. The third-order valence-corrected chi connectivity index (χ3v) is 2.43. The standard InChI is InChI=1S/C7H9IO3/c1-4-5(8)6(9)11-7(2,3)10-4/h1-3H3. The lowest BCUT2D eigenvalue weighted by Gasteiger charge is -2.30. The number of allylic oxidation sites excluding steroid dienone is 1. The van der Waals surface area contributed by atoms with Gasteiger partial charge in [0.15, 0.2) is 0 Å². The van der Waals surface area contributed by atoms with Crippen molar-refractivity contribution >= 4 is 28.6 Å². The zero-order valence-corrected chi connectivity index (χ0v) is 8.76. The summed E-state index contributed by atoms with van der Waals surface area (Å²) >= 11 is 1.91. The maximum absolute atomic E-state index is 11.1. The number of hydrogen-bond donors (Lipinski definition) is 0. The summed E-state index contributed by atoms with van der Waals surface area (Å²) in [5.41, 5.74) is 0. The van der Waals surface area contributed by atoms with E-state index in [0.717, 1.165) is 0 Å². The van der Waals surface area contributed by atoms with E-state index in [1.165, 1.54) is 0 Å². The van der Waals surface area contributed by atoms with Gasteiger partial charge in [0.1, 0.15) is 9.34 Å². The topological polar surface area (TPSA) is 35.5 Å². The normalized spacial score (nSPS) is 22.7. The molecule has 0 saturated heterocycles. The van der Waals surface area contributed by atoms with Gasteiger partial charge in [-0.25, -0.2) is 4.79 Å². The molecule has 0 saturated carbocycles. The molecule has 1 rings (SSSR count). The van der Waals surface area contributed by atoms with Gasteiger partial charge in [0.05, 0.1) is 0 Å². The van der Waals surface area contributed by atoms with Gasteiger partial charge < -0.3 is 9.47 Å². The summed E-state index contributed by atoms with van der Waals surface area (Å²) in [6.45, 7) is 5.17. The molecule has 0 aromatic rings. The lowest BCUT2D eigenvalue weighted by atomic mass is 10.3. The Bertz CT molecular complexity index is 230. The average molecular weight is 268 g/mol. The first kappa shape index (κ1) is 8.83. The second-order valence-electron chi connectivity index (χ2n) is 2.76. The summed E-state index contributed by atoms with van der Waals surface area (Å²) in [4.78, 5) is 11.1. The van der Waals surface area contributed by atoms with E-state index in [9.17, 15) is 4.79 Å². The fraction of sp³-hybridized carbons (Fsp3) is 0.571. The van der Waals surface area contributed by atoms with Crippen LogP contribution in [0.1, 0.15) is 20.8 Å². The van der Waals surface area contributed by atoms with Crippen LogP contribution >= 0.6 is 22.6 Å². The number of carbonyl (C=O) groups excluding carboxylic acids is 1. The highest BCUT2D eigenvalue weighted by molar-refractivity contribution is 14.1. The Kier molecular flexibility index (Phi) is 2.13. The Balaban J connectivity index is 2.94. The molecule has 0 spiro atoms. The molecular formula is C7H9IO3. The number of hydrogen-bond acceptors (Lipinski definition) is 3. The van der Waals surface area contributed by atoms with Crippen molar-refractivity contribution in [2.24, 2.45) is 0 Å². The van der Waals surface area contributed by atoms with Crippen LogP contribution in [0.25, 0.3) is 0 Å². The summed E-state index contributed by atoms with van der Waals surface area (Å²) in [5.74, 6) is -0.484. The summed E-state index contributed by atoms with van der Waals surface area (Å²) in [6, 6.07) is 0. The molecule has 1 aliphatic heterocycles. The van der Waals surface area contributed by atoms with Crippen LogP contribution < -0.4 is 0 Å². The Labute approximate surface area is 78.9 Å². The minimum absolute atomic E-state index is 0.306. The smallest absolute Gasteiger partial charge is 0.351 e. The molecule has 11 heavy (non-hydrogen) atoms. The van der Waals surface area contributed by atoms with Crippen molar-refractivity contribution in [3.8, 4) is 0 Å². The zero-order chi connectivity index (χ0) is 8.65. The molecule has 62 valence electrons. The molecule has 0 unspecified atom stereocenters. The van der Waals surface area contributed by atoms with Crippen molar-refractivity contribution in [3.05, 3.63) is 9.34 Å². The average Bonchev–Trinajstić information content (AvgIpc) is 1.81. The van der Waals surface area contributed by atoms with E-state index in [1.54, 1.807) is 20.8 Å². The second kappa shape index (κ2) is 2.66. The van der Waals surface area contributed by atoms with E-state index in [-0.39, 0.29) is 5.97 Å². The molecule has 0 aliphatic carbocycles. The predicted octanol–water partition coefficient (Wildman–Crippen LogP) is 1.96. The van der Waals surface area contributed by atoms with Gasteiger partial charge >= 0.3 is 5.97 Å². The van der Waals surface area contributed by atoms with Crippen LogP contribution in [0.15, 0.2) is 9.34 Å². The first-order chi connectivity index (χ1) is 4.92. The van der Waals surface area contributed by atoms with E-state index < -0.39 is 5.79 Å². The number of rotatable bonds is 0. The Hall–Kier alpha value is -0.260. The minimum Gasteiger partial charge on any atom is -0.456 e. The molecule has 4 heteroatoms. The van der Waals surface area contributed by atoms with Crippen molar-refractivity contribution in [2.75, 3.05) is 0 Å². The van der Waals surface area contributed by atoms with Crippen LogP contribution in [0.4, 0.5) is 0 Å². The highest BCUT2D eigenvalue weighted by atomic mass is 127. The van der Waals surface area contributed by atoms with E-state index in [2.05, 4.69) is 0 Å². The van der Waals surface area contributed by atoms with E-state index in [0.29, 0.717) is 9.34 Å². The number of ether oxygens (including phenoxy) is 2. The van der Waals surface area contributed by atoms with Crippen molar-refractivity contribution in [2.45, 2.75) is 26.6 Å². The third kappa shape index (κ3) is 1.85. The Morgan fingerprint density at radius 1 is 1.36 bits per heavy atom. The van der Waals surface area contributed by atoms with Crippen LogP contribution in [0.2, 0.25) is 0 Å². The van der Waals surface area contributed by atoms with Gasteiger partial charge in [0.2, 0.25) is 5.79 Å². The first-order valence-electron chi connectivity index (χ1n) is 3.21. The lowest BCUT2D eigenvalue weighted by molar-refractivity contribution is -0.205. The van der Waals surface area contributed by atoms with Gasteiger partial charge in [-0.05, 0) is 29.5 Å². The van der Waals surface area contributed by atoms with E-state index in [1.807, 2.05) is 22.6 Å². The number of halogens is 1. The second-order valence-corrected chi connectivity index (χ2v) is 3.84. The maximum atomic E-state index is 11.1. The van der Waals surface area contributed by atoms with E-state index in [4.69, 9.17) is 9.47 Å². The van der Waals surface area contributed by atoms with Crippen LogP contribution in [-0.2, 0) is 14.3 Å².